The van der Waals surface area contributed by atoms with Gasteiger partial charge in [-0.05, 0) is 36.4 Å². The van der Waals surface area contributed by atoms with Crippen LogP contribution < -0.4 is 9.47 Å². The first kappa shape index (κ1) is 14.8. The van der Waals surface area contributed by atoms with Crippen molar-refractivity contribution in [2.75, 3.05) is 14.2 Å². The van der Waals surface area contributed by atoms with Crippen LogP contribution in [0.5, 0.6) is 11.5 Å². The zero-order valence-corrected chi connectivity index (χ0v) is 12.8. The van der Waals surface area contributed by atoms with Crippen molar-refractivity contribution in [2.24, 2.45) is 0 Å². The predicted molar refractivity (Wildman–Crippen MR) is 86.7 cm³/mol. The molecule has 3 rings (SSSR count). The molecule has 0 N–H and O–H groups in total. The number of ether oxygens (including phenoxy) is 2. The summed E-state index contributed by atoms with van der Waals surface area (Å²) < 4.78 is 11.7. The average Bonchev–Trinajstić information content (AvgIpc) is 3.03. The molecule has 0 aliphatic rings. The van der Waals surface area contributed by atoms with Crippen LogP contribution in [-0.2, 0) is 0 Å². The number of nitrogens with zero attached hydrogens (tertiary/aromatic N) is 3. The maximum atomic E-state index is 12.3. The summed E-state index contributed by atoms with van der Waals surface area (Å²) in [5.74, 6) is 1.05. The first-order valence-corrected chi connectivity index (χ1v) is 6.98. The van der Waals surface area contributed by atoms with Gasteiger partial charge in [-0.1, -0.05) is 17.3 Å². The molecule has 0 saturated heterocycles. The number of hydrogen-bond acceptors (Lipinski definition) is 5. The van der Waals surface area contributed by atoms with E-state index in [9.17, 15) is 4.79 Å². The van der Waals surface area contributed by atoms with Crippen molar-refractivity contribution in [1.82, 2.24) is 15.0 Å². The number of para-hydroxylation sites is 1. The molecule has 1 heterocycles. The fourth-order valence-electron chi connectivity index (χ4n) is 2.23. The summed E-state index contributed by atoms with van der Waals surface area (Å²) in [6, 6.07) is 12.7. The third-order valence-electron chi connectivity index (χ3n) is 3.40. The molecule has 1 aromatic heterocycles. The van der Waals surface area contributed by atoms with E-state index in [4.69, 9.17) is 9.47 Å². The van der Waals surface area contributed by atoms with Gasteiger partial charge in [0.2, 0.25) is 0 Å². The number of hydrogen-bond donors (Lipinski definition) is 0. The highest BCUT2D eigenvalue weighted by atomic mass is 16.5. The zero-order valence-electron chi connectivity index (χ0n) is 12.8. The average molecular weight is 309 g/mol. The number of methoxy groups -OCH3 is 2. The van der Waals surface area contributed by atoms with Gasteiger partial charge in [0.05, 0.1) is 19.7 Å². The molecule has 0 aliphatic carbocycles. The second-order valence-electron chi connectivity index (χ2n) is 4.77. The molecular weight excluding hydrogens is 294 g/mol. The zero-order chi connectivity index (χ0) is 16.2. The summed E-state index contributed by atoms with van der Waals surface area (Å²) in [5.41, 5.74) is 2.08. The van der Waals surface area contributed by atoms with E-state index >= 15 is 0 Å². The highest BCUT2D eigenvalue weighted by Gasteiger charge is 2.09. The molecule has 6 heteroatoms. The van der Waals surface area contributed by atoms with Gasteiger partial charge in [-0.2, -0.15) is 4.68 Å². The van der Waals surface area contributed by atoms with Crippen LogP contribution in [0.2, 0.25) is 0 Å². The summed E-state index contributed by atoms with van der Waals surface area (Å²) in [7, 11) is 3.16. The van der Waals surface area contributed by atoms with Gasteiger partial charge in [0.25, 0.3) is 5.91 Å². The Morgan fingerprint density at radius 3 is 2.74 bits per heavy atom. The van der Waals surface area contributed by atoms with E-state index in [1.807, 2.05) is 12.1 Å². The van der Waals surface area contributed by atoms with Crippen LogP contribution >= 0.6 is 0 Å². The first-order chi connectivity index (χ1) is 11.2. The smallest absolute Gasteiger partial charge is 0.272 e. The lowest BCUT2D eigenvalue weighted by molar-refractivity contribution is 0.0958. The van der Waals surface area contributed by atoms with Crippen LogP contribution in [0.3, 0.4) is 0 Å². The Kier molecular flexibility index (Phi) is 4.05. The van der Waals surface area contributed by atoms with Gasteiger partial charge in [0.15, 0.2) is 0 Å². The van der Waals surface area contributed by atoms with Crippen LogP contribution in [0, 0.1) is 0 Å². The van der Waals surface area contributed by atoms with Gasteiger partial charge in [-0.25, -0.2) is 0 Å². The van der Waals surface area contributed by atoms with Gasteiger partial charge in [-0.3, -0.25) is 4.79 Å². The molecule has 0 radical (unpaired) electrons. The van der Waals surface area contributed by atoms with Gasteiger partial charge in [0.1, 0.15) is 17.0 Å². The van der Waals surface area contributed by atoms with E-state index in [1.165, 1.54) is 10.8 Å². The Labute approximate surface area is 132 Å². The van der Waals surface area contributed by atoms with Gasteiger partial charge < -0.3 is 9.47 Å². The Morgan fingerprint density at radius 2 is 1.96 bits per heavy atom. The topological polar surface area (TPSA) is 66.2 Å². The lowest BCUT2D eigenvalue weighted by Crippen LogP contribution is -2.09. The minimum Gasteiger partial charge on any atom is -0.497 e. The minimum atomic E-state index is -0.288. The van der Waals surface area contributed by atoms with Crippen LogP contribution in [-0.4, -0.2) is 35.1 Å². The van der Waals surface area contributed by atoms with E-state index < -0.39 is 0 Å². The van der Waals surface area contributed by atoms with Crippen molar-refractivity contribution >= 4 is 23.0 Å². The fourth-order valence-corrected chi connectivity index (χ4v) is 2.23. The fraction of sp³-hybridized carbons (Fsp3) is 0.118. The molecule has 0 bridgehead atoms. The molecule has 3 aromatic rings. The van der Waals surface area contributed by atoms with E-state index in [-0.39, 0.29) is 5.91 Å². The van der Waals surface area contributed by atoms with Crippen LogP contribution in [0.25, 0.3) is 17.1 Å². The maximum Gasteiger partial charge on any atom is 0.272 e. The maximum absolute atomic E-state index is 12.3. The van der Waals surface area contributed by atoms with Crippen molar-refractivity contribution < 1.29 is 14.3 Å². The highest BCUT2D eigenvalue weighted by molar-refractivity contribution is 5.98. The van der Waals surface area contributed by atoms with E-state index in [0.717, 1.165) is 5.56 Å². The summed E-state index contributed by atoms with van der Waals surface area (Å²) in [6.07, 6.45) is 3.10. The van der Waals surface area contributed by atoms with Crippen LogP contribution in [0.4, 0.5) is 0 Å². The van der Waals surface area contributed by atoms with Crippen molar-refractivity contribution in [2.45, 2.75) is 0 Å². The number of fused-ring (bicyclic) bond motifs is 1. The second-order valence-corrected chi connectivity index (χ2v) is 4.77. The minimum absolute atomic E-state index is 0.288. The third-order valence-corrected chi connectivity index (χ3v) is 3.40. The molecule has 2 aromatic carbocycles. The third kappa shape index (κ3) is 2.91. The predicted octanol–water partition coefficient (Wildman–Crippen LogP) is 2.80. The number of rotatable bonds is 4. The number of benzene rings is 2. The van der Waals surface area contributed by atoms with Crippen molar-refractivity contribution in [3.63, 3.8) is 0 Å². The monoisotopic (exact) mass is 309 g/mol. The summed E-state index contributed by atoms with van der Waals surface area (Å²) >= 11 is 0. The Morgan fingerprint density at radius 1 is 1.13 bits per heavy atom. The molecular formula is C17H15N3O3. The van der Waals surface area contributed by atoms with Gasteiger partial charge >= 0.3 is 0 Å². The molecule has 116 valence electrons. The summed E-state index contributed by atoms with van der Waals surface area (Å²) in [5, 5.41) is 7.86. The molecule has 23 heavy (non-hydrogen) atoms. The van der Waals surface area contributed by atoms with Crippen molar-refractivity contribution in [3.05, 3.63) is 54.1 Å². The Balaban J connectivity index is 1.92. The molecule has 0 unspecified atom stereocenters. The molecule has 0 amide bonds. The van der Waals surface area contributed by atoms with Crippen molar-refractivity contribution in [1.29, 1.82) is 0 Å². The Hall–Kier alpha value is -3.15. The largest absolute Gasteiger partial charge is 0.497 e. The summed E-state index contributed by atoms with van der Waals surface area (Å²) in [6.45, 7) is 0. The molecule has 0 saturated carbocycles. The second kappa shape index (κ2) is 6.31. The number of carbonyl (C=O) groups excluding carboxylic acids is 1. The summed E-state index contributed by atoms with van der Waals surface area (Å²) in [4.78, 5) is 12.3. The van der Waals surface area contributed by atoms with Crippen LogP contribution in [0.1, 0.15) is 10.4 Å². The Bertz CT molecular complexity index is 884. The molecule has 0 spiro atoms. The molecule has 6 nitrogen and oxygen atoms in total. The molecule has 0 atom stereocenters. The van der Waals surface area contributed by atoms with Crippen molar-refractivity contribution in [3.8, 4) is 11.5 Å². The van der Waals surface area contributed by atoms with Gasteiger partial charge in [0, 0.05) is 11.6 Å². The molecule has 0 fully saturated rings. The number of aromatic nitrogens is 3. The first-order valence-electron chi connectivity index (χ1n) is 6.98. The lowest BCUT2D eigenvalue weighted by atomic mass is 10.1. The lowest BCUT2D eigenvalue weighted by Gasteiger charge is -2.07. The van der Waals surface area contributed by atoms with E-state index in [0.29, 0.717) is 22.5 Å². The van der Waals surface area contributed by atoms with E-state index in [2.05, 4.69) is 10.3 Å². The number of allylic oxidation sites excluding steroid dienone is 1. The quantitative estimate of drug-likeness (QED) is 0.693. The highest BCUT2D eigenvalue weighted by Crippen LogP contribution is 2.25. The van der Waals surface area contributed by atoms with Crippen LogP contribution in [0.15, 0.2) is 48.5 Å². The normalized spacial score (nSPS) is 11.0. The standard InChI is InChI=1S/C17H15N3O3/c1-22-13-8-9-16(23-2)12(11-13)7-10-17(21)20-15-6-4-3-5-14(15)18-19-20/h3-11H,1-2H3/b10-7+. The molecule has 0 aliphatic heterocycles. The SMILES string of the molecule is COc1ccc(OC)c(/C=C/C(=O)n2nnc3ccccc32)c1. The van der Waals surface area contributed by atoms with Gasteiger partial charge in [-0.15, -0.1) is 5.10 Å². The van der Waals surface area contributed by atoms with E-state index in [1.54, 1.807) is 50.6 Å². The number of carbonyl (C=O) groups is 1.